The molecule has 0 radical (unpaired) electrons. The molecule has 3 unspecified atom stereocenters. The van der Waals surface area contributed by atoms with Crippen LogP contribution in [0.1, 0.15) is 30.7 Å². The molecule has 0 aromatic heterocycles. The number of rotatable bonds is 1. The Balaban J connectivity index is 2.05. The number of fused-ring (bicyclic) bond motifs is 1. The lowest BCUT2D eigenvalue weighted by Gasteiger charge is -2.21. The predicted octanol–water partition coefficient (Wildman–Crippen LogP) is 1.72. The van der Waals surface area contributed by atoms with Gasteiger partial charge in [-0.25, -0.2) is 8.42 Å². The van der Waals surface area contributed by atoms with E-state index in [1.54, 1.807) is 12.1 Å². The fraction of sp³-hybridized carbons (Fsp3) is 0.538. The zero-order valence-electron chi connectivity index (χ0n) is 9.54. The molecule has 1 aliphatic carbocycles. The highest BCUT2D eigenvalue weighted by Gasteiger charge is 2.42. The van der Waals surface area contributed by atoms with Crippen LogP contribution in [0.25, 0.3) is 0 Å². The molecule has 1 heterocycles. The van der Waals surface area contributed by atoms with E-state index in [4.69, 9.17) is 0 Å². The molecule has 17 heavy (non-hydrogen) atoms. The minimum absolute atomic E-state index is 0.00583. The zero-order chi connectivity index (χ0) is 12.0. The van der Waals surface area contributed by atoms with Gasteiger partial charge in [0.05, 0.1) is 16.8 Å². The summed E-state index contributed by atoms with van der Waals surface area (Å²) in [6.45, 7) is 0. The van der Waals surface area contributed by atoms with Crippen LogP contribution in [0.2, 0.25) is 0 Å². The van der Waals surface area contributed by atoms with Crippen molar-refractivity contribution in [3.8, 4) is 0 Å². The van der Waals surface area contributed by atoms with Crippen LogP contribution in [0.3, 0.4) is 0 Å². The molecule has 92 valence electrons. The number of aliphatic hydroxyl groups excluding tert-OH is 1. The average molecular weight is 252 g/mol. The quantitative estimate of drug-likeness (QED) is 0.828. The van der Waals surface area contributed by atoms with E-state index in [-0.39, 0.29) is 23.7 Å². The Morgan fingerprint density at radius 1 is 1.18 bits per heavy atom. The van der Waals surface area contributed by atoms with Gasteiger partial charge in [0.25, 0.3) is 0 Å². The van der Waals surface area contributed by atoms with E-state index >= 15 is 0 Å². The normalized spacial score (nSPS) is 34.8. The lowest BCUT2D eigenvalue weighted by molar-refractivity contribution is 0.121. The second-order valence-corrected chi connectivity index (χ2v) is 7.09. The molecule has 1 aromatic carbocycles. The van der Waals surface area contributed by atoms with Crippen LogP contribution in [-0.4, -0.2) is 25.4 Å². The summed E-state index contributed by atoms with van der Waals surface area (Å²) in [5.74, 6) is 0.288. The molecule has 0 saturated heterocycles. The molecule has 3 nitrogen and oxygen atoms in total. The Hall–Kier alpha value is -0.870. The minimum Gasteiger partial charge on any atom is -0.393 e. The highest BCUT2D eigenvalue weighted by atomic mass is 32.2. The Kier molecular flexibility index (Phi) is 2.52. The van der Waals surface area contributed by atoms with Crippen LogP contribution in [-0.2, 0) is 9.84 Å². The first-order valence-corrected chi connectivity index (χ1v) is 7.74. The Labute approximate surface area is 101 Å². The summed E-state index contributed by atoms with van der Waals surface area (Å²) in [6.07, 6.45) is 2.42. The summed E-state index contributed by atoms with van der Waals surface area (Å²) >= 11 is 0. The van der Waals surface area contributed by atoms with Gasteiger partial charge in [0, 0.05) is 5.92 Å². The summed E-state index contributed by atoms with van der Waals surface area (Å²) in [4.78, 5) is 0.476. The molecule has 1 aromatic rings. The lowest BCUT2D eigenvalue weighted by Crippen LogP contribution is -2.22. The number of sulfone groups is 1. The van der Waals surface area contributed by atoms with Crippen LogP contribution in [0.15, 0.2) is 29.2 Å². The third kappa shape index (κ3) is 1.70. The maximum Gasteiger partial charge on any atom is 0.179 e. The van der Waals surface area contributed by atoms with E-state index in [0.29, 0.717) is 4.90 Å². The molecule has 1 fully saturated rings. The molecule has 1 N–H and O–H groups in total. The monoisotopic (exact) mass is 252 g/mol. The van der Waals surface area contributed by atoms with Crippen molar-refractivity contribution in [1.82, 2.24) is 0 Å². The zero-order valence-corrected chi connectivity index (χ0v) is 10.4. The van der Waals surface area contributed by atoms with Gasteiger partial charge in [-0.05, 0) is 30.4 Å². The van der Waals surface area contributed by atoms with Gasteiger partial charge in [0.1, 0.15) is 0 Å². The first-order chi connectivity index (χ1) is 8.09. The third-order valence-corrected chi connectivity index (χ3v) is 5.94. The topological polar surface area (TPSA) is 54.4 Å². The van der Waals surface area contributed by atoms with Crippen molar-refractivity contribution < 1.29 is 13.5 Å². The molecule has 3 rings (SSSR count). The summed E-state index contributed by atoms with van der Waals surface area (Å²) in [7, 11) is -3.13. The van der Waals surface area contributed by atoms with Crippen molar-refractivity contribution >= 4 is 9.84 Å². The molecule has 2 aliphatic rings. The maximum absolute atomic E-state index is 12.0. The van der Waals surface area contributed by atoms with Crippen molar-refractivity contribution in [1.29, 1.82) is 0 Å². The fourth-order valence-electron chi connectivity index (χ4n) is 3.28. The Morgan fingerprint density at radius 2 is 1.94 bits per heavy atom. The first kappa shape index (κ1) is 11.2. The molecule has 3 atom stereocenters. The van der Waals surface area contributed by atoms with Gasteiger partial charge in [0.2, 0.25) is 0 Å². The summed E-state index contributed by atoms with van der Waals surface area (Å²) in [5, 5.41) is 9.95. The van der Waals surface area contributed by atoms with E-state index in [9.17, 15) is 13.5 Å². The molecule has 1 aliphatic heterocycles. The van der Waals surface area contributed by atoms with Crippen molar-refractivity contribution in [2.75, 3.05) is 5.75 Å². The molecular formula is C13H16O3S. The van der Waals surface area contributed by atoms with Crippen molar-refractivity contribution in [3.05, 3.63) is 29.8 Å². The highest BCUT2D eigenvalue weighted by molar-refractivity contribution is 7.91. The van der Waals surface area contributed by atoms with Gasteiger partial charge in [-0.1, -0.05) is 24.6 Å². The highest BCUT2D eigenvalue weighted by Crippen LogP contribution is 2.45. The fourth-order valence-corrected chi connectivity index (χ4v) is 5.22. The van der Waals surface area contributed by atoms with Gasteiger partial charge in [-0.3, -0.25) is 0 Å². The SMILES string of the molecule is O=S1(=O)CC(C2CCCC2O)c2ccccc21. The van der Waals surface area contributed by atoms with Crippen LogP contribution in [0.5, 0.6) is 0 Å². The van der Waals surface area contributed by atoms with E-state index in [2.05, 4.69) is 0 Å². The summed E-state index contributed by atoms with van der Waals surface area (Å²) in [5.41, 5.74) is 0.915. The minimum atomic E-state index is -3.13. The second kappa shape index (κ2) is 3.82. The predicted molar refractivity (Wildman–Crippen MR) is 64.6 cm³/mol. The maximum atomic E-state index is 12.0. The van der Waals surface area contributed by atoms with E-state index < -0.39 is 9.84 Å². The molecule has 0 spiro atoms. The summed E-state index contributed by atoms with van der Waals surface area (Å²) in [6, 6.07) is 7.24. The number of aliphatic hydroxyl groups is 1. The summed E-state index contributed by atoms with van der Waals surface area (Å²) < 4.78 is 24.1. The van der Waals surface area contributed by atoms with Crippen molar-refractivity contribution in [3.63, 3.8) is 0 Å². The molecule has 0 amide bonds. The molecular weight excluding hydrogens is 236 g/mol. The van der Waals surface area contributed by atoms with Crippen LogP contribution >= 0.6 is 0 Å². The van der Waals surface area contributed by atoms with Crippen molar-refractivity contribution in [2.24, 2.45) is 5.92 Å². The Morgan fingerprint density at radius 3 is 2.65 bits per heavy atom. The Bertz CT molecular complexity index is 535. The van der Waals surface area contributed by atoms with E-state index in [1.807, 2.05) is 12.1 Å². The van der Waals surface area contributed by atoms with E-state index in [1.165, 1.54) is 0 Å². The largest absolute Gasteiger partial charge is 0.393 e. The van der Waals surface area contributed by atoms with Gasteiger partial charge >= 0.3 is 0 Å². The number of hydrogen-bond donors (Lipinski definition) is 1. The number of benzene rings is 1. The van der Waals surface area contributed by atoms with Gasteiger partial charge in [-0.15, -0.1) is 0 Å². The molecule has 1 saturated carbocycles. The molecule has 0 bridgehead atoms. The van der Waals surface area contributed by atoms with Crippen LogP contribution in [0.4, 0.5) is 0 Å². The smallest absolute Gasteiger partial charge is 0.179 e. The van der Waals surface area contributed by atoms with Crippen LogP contribution in [0, 0.1) is 5.92 Å². The first-order valence-electron chi connectivity index (χ1n) is 6.09. The average Bonchev–Trinajstić information content (AvgIpc) is 2.82. The lowest BCUT2D eigenvalue weighted by atomic mass is 9.85. The molecule has 4 heteroatoms. The van der Waals surface area contributed by atoms with Gasteiger partial charge in [-0.2, -0.15) is 0 Å². The number of hydrogen-bond acceptors (Lipinski definition) is 3. The van der Waals surface area contributed by atoms with Gasteiger partial charge in [0.15, 0.2) is 9.84 Å². The van der Waals surface area contributed by atoms with Crippen molar-refractivity contribution in [2.45, 2.75) is 36.2 Å². The van der Waals surface area contributed by atoms with E-state index in [0.717, 1.165) is 24.8 Å². The second-order valence-electron chi connectivity index (χ2n) is 5.09. The van der Waals surface area contributed by atoms with Gasteiger partial charge < -0.3 is 5.11 Å². The standard InChI is InChI=1S/C13H16O3S/c14-12-6-3-5-9(12)11-8-17(15,16)13-7-2-1-4-10(11)13/h1-2,4,7,9,11-12,14H,3,5-6,8H2. The third-order valence-electron chi connectivity index (χ3n) is 4.10. The van der Waals surface area contributed by atoms with Crippen LogP contribution < -0.4 is 0 Å².